The van der Waals surface area contributed by atoms with Crippen LogP contribution < -0.4 is 4.74 Å². The van der Waals surface area contributed by atoms with E-state index in [0.29, 0.717) is 5.56 Å². The molecule has 1 aliphatic heterocycles. The van der Waals surface area contributed by atoms with Gasteiger partial charge in [0.1, 0.15) is 36.8 Å². The standard InChI is InChI=1S/C21H22O11/c22-12-4-1-10(7-14(12)24)2-6-17(26)30-9-16-18(27)19(28)20(29)21(32-16)31-11-3-5-13(23)15(25)8-11/h1-8,16,18-25,27-29H,9H2/b6-2-/t16?,18-,19-,20-,21+/m0/s1. The third-order valence-electron chi connectivity index (χ3n) is 4.67. The van der Waals surface area contributed by atoms with E-state index in [1.807, 2.05) is 0 Å². The SMILES string of the molecule is O=C(/C=C\c1ccc(O)c(O)c1)OCC1O[C@@H](Oc2ccc(O)c(O)c2)[C@@H](O)[C@@H](O)[C@H]1O. The van der Waals surface area contributed by atoms with Gasteiger partial charge in [0.25, 0.3) is 0 Å². The third kappa shape index (κ3) is 5.39. The predicted molar refractivity (Wildman–Crippen MR) is 107 cm³/mol. The van der Waals surface area contributed by atoms with Crippen LogP contribution in [0.25, 0.3) is 6.08 Å². The van der Waals surface area contributed by atoms with E-state index in [1.165, 1.54) is 30.3 Å². The number of hydrogen-bond donors (Lipinski definition) is 7. The molecule has 0 saturated carbocycles. The average Bonchev–Trinajstić information content (AvgIpc) is 2.76. The number of hydrogen-bond acceptors (Lipinski definition) is 11. The fourth-order valence-corrected chi connectivity index (χ4v) is 2.88. The minimum atomic E-state index is -1.68. The van der Waals surface area contributed by atoms with Crippen LogP contribution in [0, 0.1) is 0 Å². The molecule has 2 aromatic carbocycles. The number of phenolic OH excluding ortho intramolecular Hbond substituents is 4. The summed E-state index contributed by atoms with van der Waals surface area (Å²) in [7, 11) is 0. The molecule has 0 aromatic heterocycles. The van der Waals surface area contributed by atoms with Crippen LogP contribution >= 0.6 is 0 Å². The summed E-state index contributed by atoms with van der Waals surface area (Å²) in [5, 5.41) is 67.9. The Kier molecular flexibility index (Phi) is 7.05. The molecule has 1 unspecified atom stereocenters. The zero-order chi connectivity index (χ0) is 23.4. The lowest BCUT2D eigenvalue weighted by Gasteiger charge is -2.39. The molecule has 1 saturated heterocycles. The Morgan fingerprint density at radius 3 is 2.19 bits per heavy atom. The molecule has 5 atom stereocenters. The van der Waals surface area contributed by atoms with Crippen molar-refractivity contribution in [1.82, 2.24) is 0 Å². The van der Waals surface area contributed by atoms with Gasteiger partial charge in [-0.25, -0.2) is 4.79 Å². The lowest BCUT2D eigenvalue weighted by molar-refractivity contribution is -0.278. The number of benzene rings is 2. The number of ether oxygens (including phenoxy) is 3. The molecule has 0 aliphatic carbocycles. The maximum Gasteiger partial charge on any atom is 0.330 e. The van der Waals surface area contributed by atoms with Gasteiger partial charge >= 0.3 is 5.97 Å². The summed E-state index contributed by atoms with van der Waals surface area (Å²) in [6.45, 7) is -0.490. The monoisotopic (exact) mass is 450 g/mol. The first kappa shape index (κ1) is 23.2. The molecule has 172 valence electrons. The number of aromatic hydroxyl groups is 4. The Hall–Kier alpha value is -3.51. The summed E-state index contributed by atoms with van der Waals surface area (Å²) >= 11 is 0. The van der Waals surface area contributed by atoms with Crippen molar-refractivity contribution in [2.24, 2.45) is 0 Å². The number of phenols is 4. The van der Waals surface area contributed by atoms with Gasteiger partial charge in [-0.1, -0.05) is 6.07 Å². The van der Waals surface area contributed by atoms with E-state index >= 15 is 0 Å². The van der Waals surface area contributed by atoms with Crippen molar-refractivity contribution in [3.05, 3.63) is 48.0 Å². The molecule has 0 spiro atoms. The maximum atomic E-state index is 12.0. The van der Waals surface area contributed by atoms with E-state index in [2.05, 4.69) is 0 Å². The quantitative estimate of drug-likeness (QED) is 0.178. The lowest BCUT2D eigenvalue weighted by Crippen LogP contribution is -2.60. The normalized spacial score (nSPS) is 25.5. The first-order valence-corrected chi connectivity index (χ1v) is 9.41. The van der Waals surface area contributed by atoms with Gasteiger partial charge < -0.3 is 50.0 Å². The number of rotatable bonds is 6. The highest BCUT2D eigenvalue weighted by Crippen LogP contribution is 2.31. The first-order valence-electron chi connectivity index (χ1n) is 9.41. The van der Waals surface area contributed by atoms with Gasteiger partial charge in [-0.3, -0.25) is 0 Å². The number of aliphatic hydroxyl groups is 3. The van der Waals surface area contributed by atoms with E-state index in [0.717, 1.165) is 18.2 Å². The van der Waals surface area contributed by atoms with Gasteiger partial charge in [-0.05, 0) is 35.9 Å². The second kappa shape index (κ2) is 9.75. The smallest absolute Gasteiger partial charge is 0.330 e. The Morgan fingerprint density at radius 2 is 1.53 bits per heavy atom. The fraction of sp³-hybridized carbons (Fsp3) is 0.286. The molecule has 7 N–H and O–H groups in total. The summed E-state index contributed by atoms with van der Waals surface area (Å²) in [6.07, 6.45) is -5.30. The lowest BCUT2D eigenvalue weighted by atomic mass is 9.99. The molecule has 32 heavy (non-hydrogen) atoms. The summed E-state index contributed by atoms with van der Waals surface area (Å²) in [5.41, 5.74) is 0.412. The van der Waals surface area contributed by atoms with Gasteiger partial charge in [0.15, 0.2) is 23.0 Å². The Bertz CT molecular complexity index is 990. The van der Waals surface area contributed by atoms with Crippen molar-refractivity contribution in [3.63, 3.8) is 0 Å². The zero-order valence-electron chi connectivity index (χ0n) is 16.5. The van der Waals surface area contributed by atoms with Crippen molar-refractivity contribution in [2.75, 3.05) is 6.61 Å². The van der Waals surface area contributed by atoms with Crippen molar-refractivity contribution in [2.45, 2.75) is 30.7 Å². The second-order valence-corrected chi connectivity index (χ2v) is 6.99. The van der Waals surface area contributed by atoms with Crippen LogP contribution in [0.3, 0.4) is 0 Å². The molecular formula is C21H22O11. The average molecular weight is 450 g/mol. The predicted octanol–water partition coefficient (Wildman–Crippen LogP) is -0.0480. The van der Waals surface area contributed by atoms with Crippen molar-refractivity contribution < 1.29 is 54.8 Å². The highest BCUT2D eigenvalue weighted by atomic mass is 16.7. The Morgan fingerprint density at radius 1 is 0.875 bits per heavy atom. The minimum absolute atomic E-state index is 0.00349. The molecule has 0 radical (unpaired) electrons. The van der Waals surface area contributed by atoms with Gasteiger partial charge in [0.2, 0.25) is 6.29 Å². The molecule has 2 aromatic rings. The molecule has 1 heterocycles. The van der Waals surface area contributed by atoms with E-state index < -0.39 is 54.8 Å². The molecule has 1 fully saturated rings. The van der Waals surface area contributed by atoms with Crippen LogP contribution in [-0.2, 0) is 14.3 Å². The van der Waals surface area contributed by atoms with Crippen LogP contribution in [0.1, 0.15) is 5.56 Å². The van der Waals surface area contributed by atoms with Crippen molar-refractivity contribution in [3.8, 4) is 28.7 Å². The topological polar surface area (TPSA) is 186 Å². The van der Waals surface area contributed by atoms with Crippen LogP contribution in [0.15, 0.2) is 42.5 Å². The molecule has 11 nitrogen and oxygen atoms in total. The summed E-state index contributed by atoms with van der Waals surface area (Å²) < 4.78 is 15.8. The summed E-state index contributed by atoms with van der Waals surface area (Å²) in [6, 6.07) is 7.41. The second-order valence-electron chi connectivity index (χ2n) is 6.99. The van der Waals surface area contributed by atoms with Gasteiger partial charge in [-0.15, -0.1) is 0 Å². The van der Waals surface area contributed by atoms with Gasteiger partial charge in [-0.2, -0.15) is 0 Å². The highest BCUT2D eigenvalue weighted by Gasteiger charge is 2.45. The molecular weight excluding hydrogens is 428 g/mol. The highest BCUT2D eigenvalue weighted by molar-refractivity contribution is 5.87. The number of carbonyl (C=O) groups excluding carboxylic acids is 1. The minimum Gasteiger partial charge on any atom is -0.504 e. The van der Waals surface area contributed by atoms with Crippen LogP contribution in [0.2, 0.25) is 0 Å². The van der Waals surface area contributed by atoms with Crippen LogP contribution in [0.4, 0.5) is 0 Å². The molecule has 1 aliphatic rings. The number of esters is 1. The van der Waals surface area contributed by atoms with E-state index in [9.17, 15) is 40.5 Å². The van der Waals surface area contributed by atoms with Gasteiger partial charge in [0, 0.05) is 12.1 Å². The third-order valence-corrected chi connectivity index (χ3v) is 4.67. The largest absolute Gasteiger partial charge is 0.504 e. The number of aliphatic hydroxyl groups excluding tert-OH is 3. The van der Waals surface area contributed by atoms with Crippen molar-refractivity contribution >= 4 is 12.0 Å². The number of carbonyl (C=O) groups is 1. The first-order chi connectivity index (χ1) is 15.2. The van der Waals surface area contributed by atoms with E-state index in [4.69, 9.17) is 14.2 Å². The van der Waals surface area contributed by atoms with Gasteiger partial charge in [0.05, 0.1) is 0 Å². The molecule has 3 rings (SSSR count). The zero-order valence-corrected chi connectivity index (χ0v) is 16.5. The molecule has 0 amide bonds. The van der Waals surface area contributed by atoms with Crippen molar-refractivity contribution in [1.29, 1.82) is 0 Å². The molecule has 0 bridgehead atoms. The summed E-state index contributed by atoms with van der Waals surface area (Å²) in [4.78, 5) is 12.0. The fourth-order valence-electron chi connectivity index (χ4n) is 2.88. The Labute approximate surface area is 181 Å². The van der Waals surface area contributed by atoms with E-state index in [1.54, 1.807) is 0 Å². The summed E-state index contributed by atoms with van der Waals surface area (Å²) in [5.74, 6) is -2.36. The van der Waals surface area contributed by atoms with E-state index in [-0.39, 0.29) is 17.2 Å². The molecule has 11 heteroatoms. The van der Waals surface area contributed by atoms with Crippen LogP contribution in [-0.4, -0.2) is 79.0 Å². The Balaban J connectivity index is 1.60. The van der Waals surface area contributed by atoms with Crippen LogP contribution in [0.5, 0.6) is 28.7 Å². The maximum absolute atomic E-state index is 12.0.